The molecule has 0 bridgehead atoms. The minimum atomic E-state index is -1.06. The Morgan fingerprint density at radius 2 is 1.57 bits per heavy atom. The molecule has 0 saturated heterocycles. The van der Waals surface area contributed by atoms with Gasteiger partial charge in [-0.3, -0.25) is 4.90 Å². The molecule has 0 aromatic heterocycles. The van der Waals surface area contributed by atoms with Gasteiger partial charge in [0, 0.05) is 7.05 Å². The third-order valence-corrected chi connectivity index (χ3v) is 3.40. The first kappa shape index (κ1) is 17.2. The lowest BCUT2D eigenvalue weighted by Crippen LogP contribution is -2.48. The average molecular weight is 291 g/mol. The van der Waals surface area contributed by atoms with Crippen LogP contribution in [0.2, 0.25) is 0 Å². The smallest absolute Gasteiger partial charge is 0.411 e. The van der Waals surface area contributed by atoms with Crippen LogP contribution >= 0.6 is 0 Å². The summed E-state index contributed by atoms with van der Waals surface area (Å²) in [5.41, 5.74) is 1.23. The van der Waals surface area contributed by atoms with Crippen LogP contribution in [0.1, 0.15) is 44.4 Å². The zero-order chi connectivity index (χ0) is 16.4. The van der Waals surface area contributed by atoms with Crippen molar-refractivity contribution in [2.24, 2.45) is 0 Å². The van der Waals surface area contributed by atoms with Gasteiger partial charge in [-0.15, -0.1) is 0 Å². The molecule has 4 nitrogen and oxygen atoms in total. The Hall–Kier alpha value is -1.84. The van der Waals surface area contributed by atoms with E-state index in [0.717, 1.165) is 23.0 Å². The molecule has 1 amide bonds. The summed E-state index contributed by atoms with van der Waals surface area (Å²) < 4.78 is 5.36. The molecule has 21 heavy (non-hydrogen) atoms. The van der Waals surface area contributed by atoms with E-state index in [-0.39, 0.29) is 0 Å². The van der Waals surface area contributed by atoms with Crippen LogP contribution in [-0.4, -0.2) is 29.9 Å². The Kier molecular flexibility index (Phi) is 4.82. The number of hydrogen-bond acceptors (Lipinski definition) is 3. The van der Waals surface area contributed by atoms with Crippen LogP contribution in [0.25, 0.3) is 0 Å². The SMILES string of the molecule is Cc1cc(C)cc(C(C)(C=O)N(C)C(=O)OC(C)(C)C)c1. The maximum atomic E-state index is 12.3. The zero-order valence-corrected chi connectivity index (χ0v) is 14.0. The van der Waals surface area contributed by atoms with Crippen LogP contribution in [0.3, 0.4) is 0 Å². The van der Waals surface area contributed by atoms with E-state index in [1.807, 2.05) is 32.0 Å². The number of likely N-dealkylation sites (N-methyl/N-ethyl adjacent to an activating group) is 1. The fourth-order valence-electron chi connectivity index (χ4n) is 2.13. The molecule has 116 valence electrons. The Morgan fingerprint density at radius 1 is 1.10 bits per heavy atom. The second-order valence-corrected chi connectivity index (χ2v) is 6.68. The molecule has 1 aromatic rings. The first-order valence-electron chi connectivity index (χ1n) is 7.01. The van der Waals surface area contributed by atoms with E-state index < -0.39 is 17.2 Å². The highest BCUT2D eigenvalue weighted by atomic mass is 16.6. The van der Waals surface area contributed by atoms with Crippen molar-refractivity contribution < 1.29 is 14.3 Å². The summed E-state index contributed by atoms with van der Waals surface area (Å²) in [6, 6.07) is 5.87. The lowest BCUT2D eigenvalue weighted by molar-refractivity contribution is -0.117. The third kappa shape index (κ3) is 4.06. The molecule has 0 aliphatic heterocycles. The van der Waals surface area contributed by atoms with E-state index in [9.17, 15) is 9.59 Å². The maximum absolute atomic E-state index is 12.3. The molecule has 0 aliphatic rings. The molecule has 0 radical (unpaired) electrons. The molecule has 4 heteroatoms. The highest BCUT2D eigenvalue weighted by molar-refractivity contribution is 5.78. The molecule has 0 N–H and O–H groups in total. The van der Waals surface area contributed by atoms with Crippen LogP contribution in [0.5, 0.6) is 0 Å². The van der Waals surface area contributed by atoms with Crippen molar-refractivity contribution in [3.05, 3.63) is 34.9 Å². The number of aldehydes is 1. The summed E-state index contributed by atoms with van der Waals surface area (Å²) >= 11 is 0. The van der Waals surface area contributed by atoms with Gasteiger partial charge in [0.1, 0.15) is 17.4 Å². The number of aryl methyl sites for hydroxylation is 2. The second kappa shape index (κ2) is 5.88. The minimum Gasteiger partial charge on any atom is -0.444 e. The molecule has 0 aliphatic carbocycles. The van der Waals surface area contributed by atoms with E-state index in [2.05, 4.69) is 0 Å². The second-order valence-electron chi connectivity index (χ2n) is 6.68. The van der Waals surface area contributed by atoms with E-state index >= 15 is 0 Å². The van der Waals surface area contributed by atoms with Crippen molar-refractivity contribution >= 4 is 12.4 Å². The molecule has 0 spiro atoms. The van der Waals surface area contributed by atoms with Crippen LogP contribution < -0.4 is 0 Å². The molecule has 1 rings (SSSR count). The summed E-state index contributed by atoms with van der Waals surface area (Å²) in [7, 11) is 1.58. The Labute approximate surface area is 127 Å². The lowest BCUT2D eigenvalue weighted by atomic mass is 9.90. The Balaban J connectivity index is 3.19. The van der Waals surface area contributed by atoms with Gasteiger partial charge in [-0.2, -0.15) is 0 Å². The van der Waals surface area contributed by atoms with Gasteiger partial charge in [0.05, 0.1) is 0 Å². The number of benzene rings is 1. The number of rotatable bonds is 3. The van der Waals surface area contributed by atoms with Crippen molar-refractivity contribution in [1.29, 1.82) is 0 Å². The minimum absolute atomic E-state index is 0.517. The van der Waals surface area contributed by atoms with Gasteiger partial charge in [-0.25, -0.2) is 4.79 Å². The van der Waals surface area contributed by atoms with E-state index in [4.69, 9.17) is 4.74 Å². The third-order valence-electron chi connectivity index (χ3n) is 3.40. The maximum Gasteiger partial charge on any atom is 0.411 e. The fraction of sp³-hybridized carbons (Fsp3) is 0.529. The van der Waals surface area contributed by atoms with Crippen LogP contribution in [-0.2, 0) is 15.1 Å². The van der Waals surface area contributed by atoms with Gasteiger partial charge < -0.3 is 9.53 Å². The predicted octanol–water partition coefficient (Wildman–Crippen LogP) is 3.58. The fourth-order valence-corrected chi connectivity index (χ4v) is 2.13. The number of ether oxygens (including phenoxy) is 1. The highest BCUT2D eigenvalue weighted by Gasteiger charge is 2.36. The topological polar surface area (TPSA) is 46.6 Å². The van der Waals surface area contributed by atoms with Gasteiger partial charge in [-0.1, -0.05) is 29.3 Å². The summed E-state index contributed by atoms with van der Waals surface area (Å²) in [5, 5.41) is 0. The van der Waals surface area contributed by atoms with Gasteiger partial charge in [-0.05, 0) is 47.1 Å². The standard InChI is InChI=1S/C17H25NO3/c1-12-8-13(2)10-14(9-12)17(6,11-19)18(7)15(20)21-16(3,4)5/h8-11H,1-7H3. The van der Waals surface area contributed by atoms with Crippen molar-refractivity contribution in [3.63, 3.8) is 0 Å². The molecule has 1 atom stereocenters. The quantitative estimate of drug-likeness (QED) is 0.800. The normalized spacial score (nSPS) is 14.2. The molecule has 0 saturated carbocycles. The highest BCUT2D eigenvalue weighted by Crippen LogP contribution is 2.28. The lowest BCUT2D eigenvalue weighted by Gasteiger charge is -2.36. The van der Waals surface area contributed by atoms with Crippen LogP contribution in [0, 0.1) is 13.8 Å². The van der Waals surface area contributed by atoms with Crippen molar-refractivity contribution in [2.45, 2.75) is 52.7 Å². The molecule has 0 heterocycles. The monoisotopic (exact) mass is 291 g/mol. The van der Waals surface area contributed by atoms with Gasteiger partial charge in [0.25, 0.3) is 0 Å². The molecular weight excluding hydrogens is 266 g/mol. The zero-order valence-electron chi connectivity index (χ0n) is 14.0. The number of carbonyl (C=O) groups excluding carboxylic acids is 2. The van der Waals surface area contributed by atoms with Gasteiger partial charge in [0.2, 0.25) is 0 Å². The molecule has 0 fully saturated rings. The molecule has 1 aromatic carbocycles. The van der Waals surface area contributed by atoms with Crippen molar-refractivity contribution in [2.75, 3.05) is 7.05 Å². The summed E-state index contributed by atoms with van der Waals surface area (Å²) in [6.45, 7) is 11.1. The number of hydrogen-bond donors (Lipinski definition) is 0. The van der Waals surface area contributed by atoms with Crippen molar-refractivity contribution in [1.82, 2.24) is 4.90 Å². The first-order valence-corrected chi connectivity index (χ1v) is 7.01. The predicted molar refractivity (Wildman–Crippen MR) is 83.3 cm³/mol. The van der Waals surface area contributed by atoms with E-state index in [0.29, 0.717) is 0 Å². The largest absolute Gasteiger partial charge is 0.444 e. The summed E-state index contributed by atoms with van der Waals surface area (Å²) in [4.78, 5) is 25.3. The average Bonchev–Trinajstić information content (AvgIpc) is 2.33. The van der Waals surface area contributed by atoms with Gasteiger partial charge >= 0.3 is 6.09 Å². The van der Waals surface area contributed by atoms with Crippen molar-refractivity contribution in [3.8, 4) is 0 Å². The first-order chi connectivity index (χ1) is 9.49. The molecular formula is C17H25NO3. The number of nitrogens with zero attached hydrogens (tertiary/aromatic N) is 1. The van der Waals surface area contributed by atoms with E-state index in [1.165, 1.54) is 4.90 Å². The van der Waals surface area contributed by atoms with Gasteiger partial charge in [0.15, 0.2) is 0 Å². The van der Waals surface area contributed by atoms with Crippen LogP contribution in [0.15, 0.2) is 18.2 Å². The van der Waals surface area contributed by atoms with E-state index in [1.54, 1.807) is 34.7 Å². The number of carbonyl (C=O) groups is 2. The molecule has 1 unspecified atom stereocenters. The van der Waals surface area contributed by atoms with Crippen LogP contribution in [0.4, 0.5) is 4.79 Å². The Bertz CT molecular complexity index is 525. The summed E-state index contributed by atoms with van der Waals surface area (Å²) in [6.07, 6.45) is 0.266. The Morgan fingerprint density at radius 3 is 1.95 bits per heavy atom. The summed E-state index contributed by atoms with van der Waals surface area (Å²) in [5.74, 6) is 0. The number of amides is 1.